The van der Waals surface area contributed by atoms with Gasteiger partial charge < -0.3 is 9.31 Å². The zero-order chi connectivity index (χ0) is 10.1. The molecule has 0 atom stereocenters. The number of carbonyl (C=O) groups is 2. The molecule has 1 aromatic heterocycles. The van der Waals surface area contributed by atoms with Gasteiger partial charge >= 0.3 is 19.1 Å². The van der Waals surface area contributed by atoms with E-state index >= 15 is 0 Å². The maximum atomic E-state index is 10.7. The fourth-order valence-electron chi connectivity index (χ4n) is 0.977. The number of pyridine rings is 1. The van der Waals surface area contributed by atoms with Gasteiger partial charge in [-0.25, -0.2) is 14.6 Å². The average molecular weight is 256 g/mol. The normalized spacial score (nSPS) is 15.4. The monoisotopic (exact) mass is 255 g/mol. The lowest BCUT2D eigenvalue weighted by Crippen LogP contribution is -2.32. The van der Waals surface area contributed by atoms with Gasteiger partial charge in [-0.3, -0.25) is 0 Å². The molecule has 0 spiro atoms. The molecule has 0 bridgehead atoms. The van der Waals surface area contributed by atoms with Gasteiger partial charge in [-0.1, -0.05) is 6.07 Å². The van der Waals surface area contributed by atoms with Gasteiger partial charge in [-0.2, -0.15) is 0 Å². The molecule has 2 rings (SSSR count). The second-order valence-electron chi connectivity index (χ2n) is 2.56. The van der Waals surface area contributed by atoms with Crippen molar-refractivity contribution < 1.29 is 18.9 Å². The Morgan fingerprint density at radius 3 is 2.36 bits per heavy atom. The summed E-state index contributed by atoms with van der Waals surface area (Å²) < 4.78 is 9.92. The molecule has 1 aromatic rings. The van der Waals surface area contributed by atoms with Gasteiger partial charge in [0.15, 0.2) is 0 Å². The number of aromatic nitrogens is 1. The van der Waals surface area contributed by atoms with Gasteiger partial charge in [-0.15, -0.1) is 0 Å². The van der Waals surface area contributed by atoms with Crippen LogP contribution in [0.25, 0.3) is 0 Å². The van der Waals surface area contributed by atoms with E-state index in [-0.39, 0.29) is 0 Å². The zero-order valence-corrected chi connectivity index (χ0v) is 8.35. The largest absolute Gasteiger partial charge is 0.638 e. The minimum absolute atomic E-state index is 0.521. The molecular weight excluding hydrogens is 253 g/mol. The second kappa shape index (κ2) is 3.41. The van der Waals surface area contributed by atoms with E-state index in [2.05, 4.69) is 30.2 Å². The Hall–Kier alpha value is -1.37. The lowest BCUT2D eigenvalue weighted by molar-refractivity contribution is -0.150. The van der Waals surface area contributed by atoms with E-state index in [1.807, 2.05) is 0 Å². The SMILES string of the molecule is O=C1OB(c2ccc(Br)nc2)OC1=O. The third-order valence-electron chi connectivity index (χ3n) is 1.62. The number of hydrogen-bond donors (Lipinski definition) is 0. The molecule has 0 aromatic carbocycles. The van der Waals surface area contributed by atoms with Crippen molar-refractivity contribution in [2.24, 2.45) is 0 Å². The first-order valence-electron chi connectivity index (χ1n) is 3.70. The van der Waals surface area contributed by atoms with E-state index in [1.54, 1.807) is 12.1 Å². The van der Waals surface area contributed by atoms with E-state index in [0.717, 1.165) is 0 Å². The summed E-state index contributed by atoms with van der Waals surface area (Å²) in [6, 6.07) is 3.31. The van der Waals surface area contributed by atoms with Gasteiger partial charge in [0.1, 0.15) is 4.60 Å². The molecule has 0 radical (unpaired) electrons. The highest BCUT2D eigenvalue weighted by Crippen LogP contribution is 2.06. The Labute approximate surface area is 87.7 Å². The van der Waals surface area contributed by atoms with Gasteiger partial charge in [0.2, 0.25) is 0 Å². The van der Waals surface area contributed by atoms with E-state index in [1.165, 1.54) is 6.20 Å². The van der Waals surface area contributed by atoms with Gasteiger partial charge in [-0.05, 0) is 22.0 Å². The molecule has 0 N–H and O–H groups in total. The van der Waals surface area contributed by atoms with Crippen molar-refractivity contribution >= 4 is 40.4 Å². The van der Waals surface area contributed by atoms with Crippen LogP contribution in [0.3, 0.4) is 0 Å². The number of hydrogen-bond acceptors (Lipinski definition) is 5. The topological polar surface area (TPSA) is 65.5 Å². The second-order valence-corrected chi connectivity index (χ2v) is 3.37. The molecular formula is C7H3BBrNO4. The molecule has 7 heteroatoms. The van der Waals surface area contributed by atoms with Crippen molar-refractivity contribution in [1.29, 1.82) is 0 Å². The summed E-state index contributed by atoms with van der Waals surface area (Å²) >= 11 is 3.15. The predicted molar refractivity (Wildman–Crippen MR) is 49.5 cm³/mol. The van der Waals surface area contributed by atoms with Crippen molar-refractivity contribution in [3.63, 3.8) is 0 Å². The lowest BCUT2D eigenvalue weighted by Gasteiger charge is -2.00. The quantitative estimate of drug-likeness (QED) is 0.390. The Bertz CT molecular complexity index is 377. The Balaban J connectivity index is 2.21. The minimum Gasteiger partial charge on any atom is -0.487 e. The van der Waals surface area contributed by atoms with E-state index in [4.69, 9.17) is 0 Å². The van der Waals surface area contributed by atoms with Crippen LogP contribution < -0.4 is 5.46 Å². The summed E-state index contributed by atoms with van der Waals surface area (Å²) in [6.07, 6.45) is 1.46. The molecule has 5 nitrogen and oxygen atoms in total. The van der Waals surface area contributed by atoms with Gasteiger partial charge in [0, 0.05) is 11.7 Å². The van der Waals surface area contributed by atoms with Crippen LogP contribution in [0.4, 0.5) is 0 Å². The fraction of sp³-hybridized carbons (Fsp3) is 0. The number of carbonyl (C=O) groups excluding carboxylic acids is 2. The number of nitrogens with zero attached hydrogens (tertiary/aromatic N) is 1. The molecule has 0 amide bonds. The maximum absolute atomic E-state index is 10.7. The Kier molecular flexibility index (Phi) is 2.24. The molecule has 0 saturated carbocycles. The molecule has 1 saturated heterocycles. The van der Waals surface area contributed by atoms with Crippen molar-refractivity contribution in [1.82, 2.24) is 4.98 Å². The molecule has 1 aliphatic rings. The van der Waals surface area contributed by atoms with Crippen LogP contribution in [0.15, 0.2) is 22.9 Å². The van der Waals surface area contributed by atoms with E-state index < -0.39 is 19.1 Å². The zero-order valence-electron chi connectivity index (χ0n) is 6.77. The number of halogens is 1. The maximum Gasteiger partial charge on any atom is 0.638 e. The minimum atomic E-state index is -0.974. The molecule has 1 fully saturated rings. The van der Waals surface area contributed by atoms with Crippen LogP contribution >= 0.6 is 15.9 Å². The van der Waals surface area contributed by atoms with Crippen molar-refractivity contribution in [3.8, 4) is 0 Å². The molecule has 70 valence electrons. The molecule has 0 aliphatic carbocycles. The third-order valence-corrected chi connectivity index (χ3v) is 2.09. The van der Waals surface area contributed by atoms with Crippen LogP contribution in [0.1, 0.15) is 0 Å². The van der Waals surface area contributed by atoms with Crippen molar-refractivity contribution in [2.45, 2.75) is 0 Å². The first-order valence-corrected chi connectivity index (χ1v) is 4.49. The Morgan fingerprint density at radius 1 is 1.21 bits per heavy atom. The summed E-state index contributed by atoms with van der Waals surface area (Å²) in [5.41, 5.74) is 0.521. The van der Waals surface area contributed by atoms with Crippen molar-refractivity contribution in [3.05, 3.63) is 22.9 Å². The first-order chi connectivity index (χ1) is 6.66. The lowest BCUT2D eigenvalue weighted by atomic mass is 9.81. The summed E-state index contributed by atoms with van der Waals surface area (Å²) in [5.74, 6) is -1.95. The van der Waals surface area contributed by atoms with Crippen LogP contribution in [-0.2, 0) is 18.9 Å². The highest BCUT2D eigenvalue weighted by atomic mass is 79.9. The van der Waals surface area contributed by atoms with Crippen molar-refractivity contribution in [2.75, 3.05) is 0 Å². The fourth-order valence-corrected chi connectivity index (χ4v) is 1.21. The molecule has 14 heavy (non-hydrogen) atoms. The summed E-state index contributed by atoms with van der Waals surface area (Å²) in [5, 5.41) is 0. The predicted octanol–water partition coefficient (Wildman–Crippen LogP) is -0.361. The van der Waals surface area contributed by atoms with Crippen LogP contribution in [-0.4, -0.2) is 24.0 Å². The summed E-state index contributed by atoms with van der Waals surface area (Å²) in [7, 11) is -0.962. The van der Waals surface area contributed by atoms with Crippen LogP contribution in [0, 0.1) is 0 Å². The van der Waals surface area contributed by atoms with Crippen LogP contribution in [0.5, 0.6) is 0 Å². The molecule has 0 unspecified atom stereocenters. The highest BCUT2D eigenvalue weighted by Gasteiger charge is 2.41. The van der Waals surface area contributed by atoms with Gasteiger partial charge in [0.05, 0.1) is 0 Å². The molecule has 2 heterocycles. The van der Waals surface area contributed by atoms with E-state index in [9.17, 15) is 9.59 Å². The summed E-state index contributed by atoms with van der Waals surface area (Å²) in [4.78, 5) is 25.3. The standard InChI is InChI=1S/C7H3BBrNO4/c9-5-2-1-4(3-10-5)8-13-6(11)7(12)14-8/h1-3H. The number of rotatable bonds is 1. The Morgan fingerprint density at radius 2 is 1.86 bits per heavy atom. The smallest absolute Gasteiger partial charge is 0.487 e. The molecule has 1 aliphatic heterocycles. The summed E-state index contributed by atoms with van der Waals surface area (Å²) in [6.45, 7) is 0. The van der Waals surface area contributed by atoms with Crippen LogP contribution in [0.2, 0.25) is 0 Å². The van der Waals surface area contributed by atoms with E-state index in [0.29, 0.717) is 10.1 Å². The third kappa shape index (κ3) is 1.63. The highest BCUT2D eigenvalue weighted by molar-refractivity contribution is 9.10. The van der Waals surface area contributed by atoms with Gasteiger partial charge in [0.25, 0.3) is 0 Å². The average Bonchev–Trinajstić information content (AvgIpc) is 2.48. The first kappa shape index (κ1) is 9.20.